The predicted octanol–water partition coefficient (Wildman–Crippen LogP) is 3.64. The van der Waals surface area contributed by atoms with Crippen molar-refractivity contribution in [1.82, 2.24) is 4.90 Å². The van der Waals surface area contributed by atoms with Crippen molar-refractivity contribution in [2.45, 2.75) is 13.0 Å². The predicted molar refractivity (Wildman–Crippen MR) is 106 cm³/mol. The summed E-state index contributed by atoms with van der Waals surface area (Å²) < 4.78 is 18.4. The molecule has 0 aromatic heterocycles. The van der Waals surface area contributed by atoms with E-state index in [1.54, 1.807) is 19.2 Å². The van der Waals surface area contributed by atoms with E-state index >= 15 is 0 Å². The number of carbonyl (C=O) groups excluding carboxylic acids is 1. The highest BCUT2D eigenvalue weighted by Crippen LogP contribution is 2.32. The van der Waals surface area contributed by atoms with Crippen LogP contribution in [0.4, 0.5) is 15.8 Å². The molecule has 1 atom stereocenters. The van der Waals surface area contributed by atoms with E-state index in [2.05, 4.69) is 15.1 Å². The van der Waals surface area contributed by atoms with Gasteiger partial charge in [-0.3, -0.25) is 9.69 Å². The number of anilines is 2. The van der Waals surface area contributed by atoms with Crippen LogP contribution in [0.2, 0.25) is 5.02 Å². The summed E-state index contributed by atoms with van der Waals surface area (Å²) in [7, 11) is 1.64. The van der Waals surface area contributed by atoms with Gasteiger partial charge in [0, 0.05) is 36.9 Å². The number of carbonyl (C=O) groups is 1. The molecular formula is C20H23ClFN3O2. The Kier molecular flexibility index (Phi) is 6.19. The number of nitrogens with one attached hydrogen (secondary N) is 1. The van der Waals surface area contributed by atoms with E-state index in [1.807, 2.05) is 25.1 Å². The number of rotatable bonds is 5. The second kappa shape index (κ2) is 8.59. The summed E-state index contributed by atoms with van der Waals surface area (Å²) in [4.78, 5) is 16.8. The van der Waals surface area contributed by atoms with Gasteiger partial charge in [0.25, 0.3) is 0 Å². The molecule has 1 amide bonds. The lowest BCUT2D eigenvalue weighted by Gasteiger charge is -2.39. The Balaban J connectivity index is 1.59. The van der Waals surface area contributed by atoms with Crippen molar-refractivity contribution < 1.29 is 13.9 Å². The zero-order chi connectivity index (χ0) is 19.4. The quantitative estimate of drug-likeness (QED) is 0.845. The minimum atomic E-state index is -0.325. The summed E-state index contributed by atoms with van der Waals surface area (Å²) in [5.41, 5.74) is 1.56. The first kappa shape index (κ1) is 19.5. The lowest BCUT2D eigenvalue weighted by molar-refractivity contribution is -0.120. The Morgan fingerprint density at radius 3 is 2.44 bits per heavy atom. The normalized spacial score (nSPS) is 16.1. The average molecular weight is 392 g/mol. The van der Waals surface area contributed by atoms with Crippen molar-refractivity contribution in [3.8, 4) is 5.75 Å². The van der Waals surface area contributed by atoms with E-state index in [1.165, 1.54) is 12.1 Å². The second-order valence-corrected chi connectivity index (χ2v) is 6.95. The molecule has 1 heterocycles. The molecule has 0 bridgehead atoms. The fourth-order valence-corrected chi connectivity index (χ4v) is 3.37. The van der Waals surface area contributed by atoms with Gasteiger partial charge in [-0.05, 0) is 49.4 Å². The van der Waals surface area contributed by atoms with Crippen LogP contribution < -0.4 is 15.0 Å². The zero-order valence-electron chi connectivity index (χ0n) is 15.4. The first-order valence-electron chi connectivity index (χ1n) is 8.87. The number of benzene rings is 2. The van der Waals surface area contributed by atoms with Crippen LogP contribution in [0.5, 0.6) is 5.75 Å². The van der Waals surface area contributed by atoms with E-state index in [0.717, 1.165) is 37.6 Å². The lowest BCUT2D eigenvalue weighted by atomic mass is 10.2. The van der Waals surface area contributed by atoms with Crippen molar-refractivity contribution in [3.63, 3.8) is 0 Å². The number of halogens is 2. The fraction of sp³-hybridized carbons (Fsp3) is 0.350. The molecule has 1 saturated heterocycles. The third-order valence-corrected chi connectivity index (χ3v) is 5.07. The molecule has 0 spiro atoms. The number of hydrogen-bond donors (Lipinski definition) is 1. The number of hydrogen-bond acceptors (Lipinski definition) is 4. The van der Waals surface area contributed by atoms with Crippen molar-refractivity contribution in [2.75, 3.05) is 43.5 Å². The molecule has 0 unspecified atom stereocenters. The van der Waals surface area contributed by atoms with Gasteiger partial charge < -0.3 is 15.0 Å². The molecule has 1 aliphatic rings. The van der Waals surface area contributed by atoms with E-state index in [9.17, 15) is 9.18 Å². The van der Waals surface area contributed by atoms with Crippen LogP contribution in [0.25, 0.3) is 0 Å². The number of amides is 1. The molecule has 2 aromatic carbocycles. The van der Waals surface area contributed by atoms with Gasteiger partial charge in [0.1, 0.15) is 11.6 Å². The molecule has 3 rings (SSSR count). The molecule has 1 fully saturated rings. The van der Waals surface area contributed by atoms with Gasteiger partial charge in [-0.2, -0.15) is 0 Å². The number of ether oxygens (including phenoxy) is 1. The van der Waals surface area contributed by atoms with E-state index in [0.29, 0.717) is 10.7 Å². The molecule has 27 heavy (non-hydrogen) atoms. The molecule has 5 nitrogen and oxygen atoms in total. The molecular weight excluding hydrogens is 369 g/mol. The number of nitrogens with zero attached hydrogens (tertiary/aromatic N) is 2. The first-order chi connectivity index (χ1) is 13.0. The van der Waals surface area contributed by atoms with E-state index in [-0.39, 0.29) is 17.8 Å². The maximum Gasteiger partial charge on any atom is 0.241 e. The highest BCUT2D eigenvalue weighted by atomic mass is 35.5. The van der Waals surface area contributed by atoms with Crippen LogP contribution in [0.15, 0.2) is 42.5 Å². The molecule has 1 aliphatic heterocycles. The van der Waals surface area contributed by atoms with Crippen molar-refractivity contribution >= 4 is 28.9 Å². The molecule has 1 N–H and O–H groups in total. The average Bonchev–Trinajstić information content (AvgIpc) is 2.69. The zero-order valence-corrected chi connectivity index (χ0v) is 16.2. The summed E-state index contributed by atoms with van der Waals surface area (Å²) >= 11 is 6.13. The first-order valence-corrected chi connectivity index (χ1v) is 9.24. The molecule has 7 heteroatoms. The van der Waals surface area contributed by atoms with Gasteiger partial charge in [-0.25, -0.2) is 4.39 Å². The van der Waals surface area contributed by atoms with E-state index in [4.69, 9.17) is 16.3 Å². The molecule has 0 saturated carbocycles. The lowest BCUT2D eigenvalue weighted by Crippen LogP contribution is -2.52. The summed E-state index contributed by atoms with van der Waals surface area (Å²) in [6, 6.07) is 11.1. The van der Waals surface area contributed by atoms with Crippen LogP contribution in [0, 0.1) is 5.82 Å². The minimum Gasteiger partial charge on any atom is -0.495 e. The molecule has 144 valence electrons. The monoisotopic (exact) mass is 391 g/mol. The van der Waals surface area contributed by atoms with Crippen molar-refractivity contribution in [1.29, 1.82) is 0 Å². The molecule has 0 radical (unpaired) electrons. The Morgan fingerprint density at radius 2 is 1.81 bits per heavy atom. The minimum absolute atomic E-state index is 0.101. The highest BCUT2D eigenvalue weighted by Gasteiger charge is 2.26. The third-order valence-electron chi connectivity index (χ3n) is 4.83. The number of methoxy groups -OCH3 is 1. The van der Waals surface area contributed by atoms with Crippen LogP contribution in [0.3, 0.4) is 0 Å². The van der Waals surface area contributed by atoms with Crippen LogP contribution in [-0.2, 0) is 4.79 Å². The fourth-order valence-electron chi connectivity index (χ4n) is 3.21. The Labute approximate surface area is 163 Å². The van der Waals surface area contributed by atoms with Gasteiger partial charge in [0.2, 0.25) is 5.91 Å². The maximum absolute atomic E-state index is 13.0. The SMILES string of the molecule is COc1ccc(Cl)cc1N1CCN([C@H](C)C(=O)Nc2ccc(F)cc2)CC1. The smallest absolute Gasteiger partial charge is 0.241 e. The van der Waals surface area contributed by atoms with Gasteiger partial charge in [-0.1, -0.05) is 11.6 Å². The van der Waals surface area contributed by atoms with Crippen molar-refractivity contribution in [2.24, 2.45) is 0 Å². The van der Waals surface area contributed by atoms with Crippen LogP contribution in [-0.4, -0.2) is 50.1 Å². The Bertz CT molecular complexity index is 792. The largest absolute Gasteiger partial charge is 0.495 e. The topological polar surface area (TPSA) is 44.8 Å². The number of piperazine rings is 1. The molecule has 2 aromatic rings. The third kappa shape index (κ3) is 4.70. The van der Waals surface area contributed by atoms with Crippen molar-refractivity contribution in [3.05, 3.63) is 53.3 Å². The summed E-state index contributed by atoms with van der Waals surface area (Å²) in [6.45, 7) is 4.91. The Hall–Kier alpha value is -2.31. The van der Waals surface area contributed by atoms with Gasteiger partial charge >= 0.3 is 0 Å². The summed E-state index contributed by atoms with van der Waals surface area (Å²) in [5.74, 6) is 0.360. The van der Waals surface area contributed by atoms with Gasteiger partial charge in [0.05, 0.1) is 18.8 Å². The van der Waals surface area contributed by atoms with Crippen LogP contribution >= 0.6 is 11.6 Å². The molecule has 0 aliphatic carbocycles. The van der Waals surface area contributed by atoms with Gasteiger partial charge in [0.15, 0.2) is 0 Å². The standard InChI is InChI=1S/C20H23ClFN3O2/c1-14(20(26)23-17-6-4-16(22)5-7-17)24-9-11-25(12-10-24)18-13-15(21)3-8-19(18)27-2/h3-8,13-14H,9-12H2,1-2H3,(H,23,26)/t14-/m1/s1. The van der Waals surface area contributed by atoms with Gasteiger partial charge in [-0.15, -0.1) is 0 Å². The maximum atomic E-state index is 13.0. The summed E-state index contributed by atoms with van der Waals surface area (Å²) in [6.07, 6.45) is 0. The second-order valence-electron chi connectivity index (χ2n) is 6.51. The van der Waals surface area contributed by atoms with E-state index < -0.39 is 0 Å². The highest BCUT2D eigenvalue weighted by molar-refractivity contribution is 6.30. The summed E-state index contributed by atoms with van der Waals surface area (Å²) in [5, 5.41) is 3.50. The Morgan fingerprint density at radius 1 is 1.15 bits per heavy atom. The van der Waals surface area contributed by atoms with Crippen LogP contribution in [0.1, 0.15) is 6.92 Å².